The van der Waals surface area contributed by atoms with Crippen LogP contribution in [0.15, 0.2) is 279 Å². The number of fused-ring (bicyclic) bond motifs is 7. The highest BCUT2D eigenvalue weighted by molar-refractivity contribution is 5.99. The Morgan fingerprint density at radius 1 is 0.244 bits per heavy atom. The molecule has 0 heterocycles. The average molecular weight is 1050 g/mol. The number of benzene rings is 12. The Kier molecular flexibility index (Phi) is 12.6. The number of para-hydroxylation sites is 2. The van der Waals surface area contributed by atoms with Gasteiger partial charge in [-0.2, -0.15) is 0 Å². The minimum atomic E-state index is -0.200. The molecule has 2 aliphatic carbocycles. The molecule has 2 nitrogen and oxygen atoms in total. The minimum absolute atomic E-state index is 0.200. The van der Waals surface area contributed by atoms with E-state index in [-0.39, 0.29) is 10.8 Å². The van der Waals surface area contributed by atoms with Crippen molar-refractivity contribution < 1.29 is 0 Å². The summed E-state index contributed by atoms with van der Waals surface area (Å²) in [7, 11) is 0. The Morgan fingerprint density at radius 2 is 0.549 bits per heavy atom. The van der Waals surface area contributed by atoms with Crippen LogP contribution in [-0.4, -0.2) is 0 Å². The first-order valence-electron chi connectivity index (χ1n) is 28.6. The van der Waals surface area contributed by atoms with Crippen LogP contribution in [0.4, 0.5) is 34.1 Å². The fourth-order valence-electron chi connectivity index (χ4n) is 12.9. The van der Waals surface area contributed by atoms with Gasteiger partial charge in [0.15, 0.2) is 0 Å². The smallest absolute Gasteiger partial charge is 0.0465 e. The molecule has 2 heteroatoms. The summed E-state index contributed by atoms with van der Waals surface area (Å²) in [4.78, 5) is 4.76. The zero-order chi connectivity index (χ0) is 55.4. The van der Waals surface area contributed by atoms with Gasteiger partial charge in [-0.25, -0.2) is 0 Å². The molecule has 0 bridgehead atoms. The second-order valence-electron chi connectivity index (χ2n) is 22.9. The standard InChI is InChI=1S/C80H62N2/c1-79(2)75-51-55(33-47-71(75)73-49-45-67(53-77(73)79)81(63-25-13-7-14-26-63)65-41-37-59(38-42-65)57-19-9-5-10-20-57)31-35-61-23-17-30-70-62(24-18-29-69(61)70)36-32-56-34-48-72-74-50-46-68(54-78(74)80(3,4)76(72)52-56)82(64-27-15-8-16-28-64)66-43-39-60(40-44-66)58-21-11-6-12-22-58/h5-54H,1-4H3/b35-31+,36-32+. The van der Waals surface area contributed by atoms with Crippen LogP contribution in [0, 0.1) is 0 Å². The summed E-state index contributed by atoms with van der Waals surface area (Å²) in [6.45, 7) is 9.51. The van der Waals surface area contributed by atoms with Crippen LogP contribution in [0.5, 0.6) is 0 Å². The maximum Gasteiger partial charge on any atom is 0.0465 e. The zero-order valence-corrected chi connectivity index (χ0v) is 46.8. The van der Waals surface area contributed by atoms with Crippen LogP contribution < -0.4 is 9.80 Å². The quantitative estimate of drug-likeness (QED) is 0.113. The minimum Gasteiger partial charge on any atom is -0.310 e. The van der Waals surface area contributed by atoms with Crippen molar-refractivity contribution in [2.24, 2.45) is 0 Å². The van der Waals surface area contributed by atoms with Gasteiger partial charge in [-0.3, -0.25) is 0 Å². The van der Waals surface area contributed by atoms with Gasteiger partial charge in [0.25, 0.3) is 0 Å². The average Bonchev–Trinajstić information content (AvgIpc) is 4.12. The number of hydrogen-bond acceptors (Lipinski definition) is 2. The SMILES string of the molecule is CC1(C)c2cc(/C=C/c3cccc4c(/C=C/c5ccc6c(c5)C(C)(C)c5cc(N(c7ccccc7)c7ccc(-c8ccccc8)cc7)ccc5-6)cccc34)ccc2-c2ccc(N(c3ccccc3)c3ccc(-c4ccccc4)cc3)cc21. The van der Waals surface area contributed by atoms with E-state index >= 15 is 0 Å². The molecular formula is C80H62N2. The molecule has 2 aliphatic rings. The lowest BCUT2D eigenvalue weighted by Gasteiger charge is -2.28. The predicted molar refractivity (Wildman–Crippen MR) is 350 cm³/mol. The van der Waals surface area contributed by atoms with E-state index in [4.69, 9.17) is 0 Å². The molecular weight excluding hydrogens is 989 g/mol. The monoisotopic (exact) mass is 1050 g/mol. The van der Waals surface area contributed by atoms with Gasteiger partial charge in [-0.05, 0) is 173 Å². The van der Waals surface area contributed by atoms with Crippen LogP contribution in [0.25, 0.3) is 79.6 Å². The molecule has 0 aromatic heterocycles. The first-order valence-corrected chi connectivity index (χ1v) is 28.6. The van der Waals surface area contributed by atoms with Crippen LogP contribution in [0.2, 0.25) is 0 Å². The molecule has 12 aromatic carbocycles. The van der Waals surface area contributed by atoms with Gasteiger partial charge in [0.2, 0.25) is 0 Å². The number of anilines is 6. The van der Waals surface area contributed by atoms with Gasteiger partial charge in [0.05, 0.1) is 0 Å². The van der Waals surface area contributed by atoms with Gasteiger partial charge in [-0.15, -0.1) is 0 Å². The third-order valence-electron chi connectivity index (χ3n) is 17.3. The summed E-state index contributed by atoms with van der Waals surface area (Å²) in [5.41, 5.74) is 26.6. The summed E-state index contributed by atoms with van der Waals surface area (Å²) in [5.74, 6) is 0. The third kappa shape index (κ3) is 9.03. The van der Waals surface area contributed by atoms with E-state index in [1.807, 2.05) is 0 Å². The van der Waals surface area contributed by atoms with E-state index in [2.05, 4.69) is 341 Å². The number of hydrogen-bond donors (Lipinski definition) is 0. The summed E-state index contributed by atoms with van der Waals surface area (Å²) in [6.07, 6.45) is 9.15. The molecule has 392 valence electrons. The maximum absolute atomic E-state index is 2.41. The summed E-state index contributed by atoms with van der Waals surface area (Å²) in [6, 6.07) is 102. The lowest BCUT2D eigenvalue weighted by Crippen LogP contribution is -2.16. The lowest BCUT2D eigenvalue weighted by atomic mass is 9.81. The van der Waals surface area contributed by atoms with Crippen molar-refractivity contribution in [3.05, 3.63) is 324 Å². The van der Waals surface area contributed by atoms with Crippen molar-refractivity contribution in [2.75, 3.05) is 9.80 Å². The Bertz CT molecular complexity index is 4110. The van der Waals surface area contributed by atoms with E-state index in [1.54, 1.807) is 0 Å². The summed E-state index contributed by atoms with van der Waals surface area (Å²) < 4.78 is 0. The van der Waals surface area contributed by atoms with Crippen LogP contribution >= 0.6 is 0 Å². The van der Waals surface area contributed by atoms with Crippen LogP contribution in [-0.2, 0) is 10.8 Å². The lowest BCUT2D eigenvalue weighted by molar-refractivity contribution is 0.660. The Hall–Kier alpha value is -10.0. The van der Waals surface area contributed by atoms with Crippen molar-refractivity contribution in [1.29, 1.82) is 0 Å². The van der Waals surface area contributed by atoms with Crippen LogP contribution in [0.1, 0.15) is 72.2 Å². The zero-order valence-electron chi connectivity index (χ0n) is 46.8. The molecule has 0 unspecified atom stereocenters. The molecule has 0 fully saturated rings. The van der Waals surface area contributed by atoms with E-state index in [9.17, 15) is 0 Å². The highest BCUT2D eigenvalue weighted by atomic mass is 15.1. The van der Waals surface area contributed by atoms with Crippen LogP contribution in [0.3, 0.4) is 0 Å². The topological polar surface area (TPSA) is 6.48 Å². The van der Waals surface area contributed by atoms with E-state index in [1.165, 1.54) is 99.8 Å². The normalized spacial score (nSPS) is 13.5. The highest BCUT2D eigenvalue weighted by Gasteiger charge is 2.38. The Balaban J connectivity index is 0.712. The second-order valence-corrected chi connectivity index (χ2v) is 22.9. The number of rotatable bonds is 12. The molecule has 0 saturated carbocycles. The van der Waals surface area contributed by atoms with Crippen molar-refractivity contribution in [2.45, 2.75) is 38.5 Å². The molecule has 0 saturated heterocycles. The largest absolute Gasteiger partial charge is 0.310 e. The fraction of sp³-hybridized carbons (Fsp3) is 0.0750. The predicted octanol–water partition coefficient (Wildman–Crippen LogP) is 22.1. The second kappa shape index (κ2) is 20.6. The van der Waals surface area contributed by atoms with Gasteiger partial charge in [0.1, 0.15) is 0 Å². The molecule has 14 rings (SSSR count). The molecule has 0 radical (unpaired) electrons. The summed E-state index contributed by atoms with van der Waals surface area (Å²) >= 11 is 0. The van der Waals surface area contributed by atoms with E-state index in [0.29, 0.717) is 0 Å². The van der Waals surface area contributed by atoms with Crippen molar-refractivity contribution in [3.8, 4) is 44.5 Å². The molecule has 0 atom stereocenters. The summed E-state index contributed by atoms with van der Waals surface area (Å²) in [5, 5.41) is 2.47. The van der Waals surface area contributed by atoms with E-state index in [0.717, 1.165) is 34.1 Å². The third-order valence-corrected chi connectivity index (χ3v) is 17.3. The maximum atomic E-state index is 2.41. The van der Waals surface area contributed by atoms with E-state index < -0.39 is 0 Å². The molecule has 0 spiro atoms. The first kappa shape index (κ1) is 50.2. The Labute approximate surface area is 482 Å². The molecule has 0 amide bonds. The van der Waals surface area contributed by atoms with Crippen molar-refractivity contribution in [3.63, 3.8) is 0 Å². The molecule has 82 heavy (non-hydrogen) atoms. The van der Waals surface area contributed by atoms with Crippen molar-refractivity contribution in [1.82, 2.24) is 0 Å². The molecule has 0 N–H and O–H groups in total. The highest BCUT2D eigenvalue weighted by Crippen LogP contribution is 2.53. The van der Waals surface area contributed by atoms with Gasteiger partial charge < -0.3 is 9.80 Å². The number of nitrogens with zero attached hydrogens (tertiary/aromatic N) is 2. The fourth-order valence-corrected chi connectivity index (χ4v) is 12.9. The van der Waals surface area contributed by atoms with Gasteiger partial charge in [-0.1, -0.05) is 258 Å². The Morgan fingerprint density at radius 3 is 0.927 bits per heavy atom. The van der Waals surface area contributed by atoms with Gasteiger partial charge >= 0.3 is 0 Å². The molecule has 0 aliphatic heterocycles. The van der Waals surface area contributed by atoms with Gasteiger partial charge in [0, 0.05) is 45.0 Å². The van der Waals surface area contributed by atoms with Crippen molar-refractivity contribution >= 4 is 69.2 Å². The molecule has 12 aromatic rings. The first-order chi connectivity index (χ1) is 40.2.